The van der Waals surface area contributed by atoms with E-state index in [1.165, 1.54) is 6.07 Å². The Hall–Kier alpha value is -1.63. The summed E-state index contributed by atoms with van der Waals surface area (Å²) in [7, 11) is 0. The molecule has 0 fully saturated rings. The van der Waals surface area contributed by atoms with Crippen molar-refractivity contribution in [3.05, 3.63) is 39.5 Å². The molecular formula is C12H12F3N3S. The zero-order valence-electron chi connectivity index (χ0n) is 10.4. The Morgan fingerprint density at radius 3 is 2.47 bits per heavy atom. The van der Waals surface area contributed by atoms with Crippen molar-refractivity contribution in [1.29, 1.82) is 0 Å². The predicted molar refractivity (Wildman–Crippen MR) is 68.2 cm³/mol. The van der Waals surface area contributed by atoms with Gasteiger partial charge in [0.1, 0.15) is 10.8 Å². The molecule has 0 bridgehead atoms. The minimum atomic E-state index is -4.35. The Labute approximate surface area is 112 Å². The fourth-order valence-corrected chi connectivity index (χ4v) is 2.32. The highest BCUT2D eigenvalue weighted by Gasteiger charge is 2.30. The van der Waals surface area contributed by atoms with Crippen LogP contribution in [0.3, 0.4) is 0 Å². The lowest BCUT2D eigenvalue weighted by Gasteiger charge is -2.07. The van der Waals surface area contributed by atoms with Crippen LogP contribution in [-0.4, -0.2) is 9.97 Å². The maximum absolute atomic E-state index is 12.3. The Balaban J connectivity index is 2.00. The van der Waals surface area contributed by atoms with Gasteiger partial charge in [0.15, 0.2) is 0 Å². The van der Waals surface area contributed by atoms with Crippen LogP contribution in [0.5, 0.6) is 0 Å². The predicted octanol–water partition coefficient (Wildman–Crippen LogP) is 3.79. The third-order valence-corrected chi connectivity index (χ3v) is 3.66. The molecule has 2 rings (SSSR count). The number of aromatic nitrogens is 2. The van der Waals surface area contributed by atoms with Gasteiger partial charge in [-0.05, 0) is 26.0 Å². The number of alkyl halides is 3. The molecule has 19 heavy (non-hydrogen) atoms. The summed E-state index contributed by atoms with van der Waals surface area (Å²) in [4.78, 5) is 9.20. The molecule has 0 atom stereocenters. The number of aryl methyl sites for hydroxylation is 2. The van der Waals surface area contributed by atoms with Gasteiger partial charge in [-0.25, -0.2) is 9.97 Å². The lowest BCUT2D eigenvalue weighted by atomic mass is 10.3. The minimum Gasteiger partial charge on any atom is -0.364 e. The van der Waals surface area contributed by atoms with Gasteiger partial charge in [0.25, 0.3) is 0 Å². The largest absolute Gasteiger partial charge is 0.417 e. The minimum absolute atomic E-state index is 0.401. The van der Waals surface area contributed by atoms with Crippen molar-refractivity contribution in [2.24, 2.45) is 0 Å². The molecule has 1 N–H and O–H groups in total. The number of hydrogen-bond acceptors (Lipinski definition) is 4. The van der Waals surface area contributed by atoms with Crippen LogP contribution in [0.25, 0.3) is 0 Å². The molecule has 0 saturated carbocycles. The number of hydrogen-bond donors (Lipinski definition) is 1. The van der Waals surface area contributed by atoms with Gasteiger partial charge >= 0.3 is 6.18 Å². The van der Waals surface area contributed by atoms with E-state index in [0.717, 1.165) is 27.8 Å². The third kappa shape index (κ3) is 3.44. The first-order chi connectivity index (χ1) is 8.86. The van der Waals surface area contributed by atoms with E-state index >= 15 is 0 Å². The van der Waals surface area contributed by atoms with Crippen LogP contribution in [0.15, 0.2) is 18.3 Å². The Morgan fingerprint density at radius 2 is 2.00 bits per heavy atom. The average Bonchev–Trinajstić information content (AvgIpc) is 2.66. The van der Waals surface area contributed by atoms with Crippen molar-refractivity contribution in [3.63, 3.8) is 0 Å². The molecule has 0 aromatic carbocycles. The van der Waals surface area contributed by atoms with E-state index in [1.54, 1.807) is 11.3 Å². The van der Waals surface area contributed by atoms with Crippen molar-refractivity contribution in [3.8, 4) is 0 Å². The Bertz CT molecular complexity index is 541. The van der Waals surface area contributed by atoms with Crippen LogP contribution in [0.4, 0.5) is 19.0 Å². The summed E-state index contributed by atoms with van der Waals surface area (Å²) in [6.07, 6.45) is -3.53. The van der Waals surface area contributed by atoms with Crippen molar-refractivity contribution < 1.29 is 13.2 Å². The highest BCUT2D eigenvalue weighted by atomic mass is 32.1. The molecule has 0 aliphatic carbocycles. The summed E-state index contributed by atoms with van der Waals surface area (Å²) in [5.41, 5.74) is 0.223. The first kappa shape index (κ1) is 13.8. The normalized spacial score (nSPS) is 11.6. The number of pyridine rings is 1. The fourth-order valence-electron chi connectivity index (χ4n) is 1.45. The monoisotopic (exact) mass is 287 g/mol. The van der Waals surface area contributed by atoms with Crippen LogP contribution in [-0.2, 0) is 12.7 Å². The molecule has 0 radical (unpaired) electrons. The molecule has 0 spiro atoms. The average molecular weight is 287 g/mol. The van der Waals surface area contributed by atoms with Crippen molar-refractivity contribution in [2.45, 2.75) is 26.6 Å². The lowest BCUT2D eigenvalue weighted by Crippen LogP contribution is -2.07. The van der Waals surface area contributed by atoms with E-state index in [-0.39, 0.29) is 0 Å². The number of halogens is 3. The quantitative estimate of drug-likeness (QED) is 0.933. The molecule has 0 aliphatic rings. The van der Waals surface area contributed by atoms with Gasteiger partial charge in [0.05, 0.1) is 17.8 Å². The molecule has 0 unspecified atom stereocenters. The summed E-state index contributed by atoms with van der Waals surface area (Å²) < 4.78 is 37.0. The number of nitrogens with zero attached hydrogens (tertiary/aromatic N) is 2. The molecule has 2 aromatic rings. The molecule has 102 valence electrons. The first-order valence-corrected chi connectivity index (χ1v) is 6.38. The van der Waals surface area contributed by atoms with Gasteiger partial charge in [-0.15, -0.1) is 11.3 Å². The first-order valence-electron chi connectivity index (χ1n) is 5.56. The van der Waals surface area contributed by atoms with Crippen molar-refractivity contribution in [1.82, 2.24) is 9.97 Å². The van der Waals surface area contributed by atoms with Crippen LogP contribution < -0.4 is 5.32 Å². The van der Waals surface area contributed by atoms with Gasteiger partial charge in [-0.1, -0.05) is 0 Å². The summed E-state index contributed by atoms with van der Waals surface area (Å²) in [6.45, 7) is 4.36. The zero-order valence-corrected chi connectivity index (χ0v) is 11.2. The maximum Gasteiger partial charge on any atom is 0.417 e. The van der Waals surface area contributed by atoms with Crippen LogP contribution in [0.1, 0.15) is 21.1 Å². The molecule has 2 aromatic heterocycles. The van der Waals surface area contributed by atoms with Gasteiger partial charge in [-0.2, -0.15) is 13.2 Å². The zero-order chi connectivity index (χ0) is 14.0. The Morgan fingerprint density at radius 1 is 1.26 bits per heavy atom. The van der Waals surface area contributed by atoms with E-state index in [9.17, 15) is 13.2 Å². The lowest BCUT2D eigenvalue weighted by molar-refractivity contribution is -0.137. The highest BCUT2D eigenvalue weighted by molar-refractivity contribution is 7.11. The van der Waals surface area contributed by atoms with E-state index in [0.29, 0.717) is 12.4 Å². The second kappa shape index (κ2) is 5.16. The highest BCUT2D eigenvalue weighted by Crippen LogP contribution is 2.28. The van der Waals surface area contributed by atoms with E-state index in [1.807, 2.05) is 13.8 Å². The molecule has 2 heterocycles. The van der Waals surface area contributed by atoms with Crippen molar-refractivity contribution in [2.75, 3.05) is 5.32 Å². The maximum atomic E-state index is 12.3. The molecule has 3 nitrogen and oxygen atoms in total. The summed E-state index contributed by atoms with van der Waals surface area (Å²) >= 11 is 1.56. The van der Waals surface area contributed by atoms with Crippen LogP contribution in [0, 0.1) is 13.8 Å². The summed E-state index contributed by atoms with van der Waals surface area (Å²) in [5, 5.41) is 3.84. The standard InChI is InChI=1S/C12H12F3N3S/c1-7-8(2)19-11(18-7)6-17-10-4-3-9(5-16-10)12(13,14)15/h3-5H,6H2,1-2H3,(H,16,17). The van der Waals surface area contributed by atoms with Crippen molar-refractivity contribution >= 4 is 17.2 Å². The number of nitrogens with one attached hydrogen (secondary N) is 1. The molecular weight excluding hydrogens is 275 g/mol. The molecule has 7 heteroatoms. The Kier molecular flexibility index (Phi) is 3.75. The van der Waals surface area contributed by atoms with E-state index in [2.05, 4.69) is 15.3 Å². The van der Waals surface area contributed by atoms with Gasteiger partial charge in [0.2, 0.25) is 0 Å². The van der Waals surface area contributed by atoms with E-state index in [4.69, 9.17) is 0 Å². The van der Waals surface area contributed by atoms with Gasteiger partial charge < -0.3 is 5.32 Å². The number of rotatable bonds is 3. The second-order valence-corrected chi connectivity index (χ2v) is 5.32. The van der Waals surface area contributed by atoms with Gasteiger partial charge in [0, 0.05) is 11.1 Å². The molecule has 0 aliphatic heterocycles. The summed E-state index contributed by atoms with van der Waals surface area (Å²) in [6, 6.07) is 2.32. The second-order valence-electron chi connectivity index (χ2n) is 4.03. The van der Waals surface area contributed by atoms with Gasteiger partial charge in [-0.3, -0.25) is 0 Å². The molecule has 0 amide bonds. The SMILES string of the molecule is Cc1nc(CNc2ccc(C(F)(F)F)cn2)sc1C. The summed E-state index contributed by atoms with van der Waals surface area (Å²) in [5.74, 6) is 0.401. The topological polar surface area (TPSA) is 37.8 Å². The smallest absolute Gasteiger partial charge is 0.364 e. The third-order valence-electron chi connectivity index (χ3n) is 2.58. The van der Waals surface area contributed by atoms with E-state index < -0.39 is 11.7 Å². The van der Waals surface area contributed by atoms with Crippen LogP contribution >= 0.6 is 11.3 Å². The molecule has 0 saturated heterocycles. The number of anilines is 1. The number of thiazole rings is 1. The fraction of sp³-hybridized carbons (Fsp3) is 0.333. The van der Waals surface area contributed by atoms with Crippen LogP contribution in [0.2, 0.25) is 0 Å².